The molecule has 2 N–H and O–H groups in total. The molecule has 0 spiro atoms. The molecular formula is C20H30O6. The van der Waals surface area contributed by atoms with Gasteiger partial charge in [0.2, 0.25) is 0 Å². The molecule has 0 unspecified atom stereocenters. The second-order valence-electron chi connectivity index (χ2n) is 7.56. The van der Waals surface area contributed by atoms with Crippen LogP contribution in [0.5, 0.6) is 0 Å². The van der Waals surface area contributed by atoms with E-state index in [9.17, 15) is 19.8 Å². The van der Waals surface area contributed by atoms with Crippen LogP contribution < -0.4 is 0 Å². The third kappa shape index (κ3) is 6.57. The zero-order chi connectivity index (χ0) is 19.1. The van der Waals surface area contributed by atoms with Crippen LogP contribution >= 0.6 is 0 Å². The second kappa shape index (κ2) is 9.88. The van der Waals surface area contributed by atoms with Gasteiger partial charge in [-0.1, -0.05) is 30.7 Å². The molecule has 146 valence electrons. The van der Waals surface area contributed by atoms with E-state index in [4.69, 9.17) is 9.47 Å². The van der Waals surface area contributed by atoms with Crippen molar-refractivity contribution in [3.63, 3.8) is 0 Å². The number of cyclic esters (lactones) is 1. The highest BCUT2D eigenvalue weighted by Crippen LogP contribution is 2.30. The molecule has 0 saturated carbocycles. The van der Waals surface area contributed by atoms with Crippen LogP contribution in [0.25, 0.3) is 0 Å². The Bertz CT molecular complexity index is 540. The van der Waals surface area contributed by atoms with Gasteiger partial charge in [0.1, 0.15) is 12.2 Å². The van der Waals surface area contributed by atoms with E-state index in [1.54, 1.807) is 6.08 Å². The Morgan fingerprint density at radius 2 is 2.04 bits per heavy atom. The number of carbonyl (C=O) groups excluding carboxylic acids is 2. The van der Waals surface area contributed by atoms with E-state index in [-0.39, 0.29) is 36.4 Å². The Kier molecular flexibility index (Phi) is 7.85. The summed E-state index contributed by atoms with van der Waals surface area (Å²) in [5.74, 6) is 0.112. The van der Waals surface area contributed by atoms with Gasteiger partial charge in [-0.2, -0.15) is 0 Å². The standard InChI is InChI=1S/C20H30O6/c1-13-3-4-14(2)15(8-19(25-12-21)10-16(22)7-13)5-6-18-9-17(23)11-20(24)26-18/h3-4,7,12,14-19,22-23H,5-6,8-11H2,1-2H3/t14-,15+,16+,17+,18+,19+/m0/s1. The Hall–Kier alpha value is -1.66. The van der Waals surface area contributed by atoms with Gasteiger partial charge in [-0.3, -0.25) is 9.59 Å². The number of allylic oxidation sites excluding steroid dienone is 3. The van der Waals surface area contributed by atoms with Crippen LogP contribution in [0.4, 0.5) is 0 Å². The van der Waals surface area contributed by atoms with Crippen molar-refractivity contribution in [2.45, 2.75) is 76.8 Å². The van der Waals surface area contributed by atoms with Crippen molar-refractivity contribution in [3.05, 3.63) is 23.8 Å². The van der Waals surface area contributed by atoms with Gasteiger partial charge in [0.25, 0.3) is 6.47 Å². The second-order valence-corrected chi connectivity index (χ2v) is 7.56. The summed E-state index contributed by atoms with van der Waals surface area (Å²) in [6.45, 7) is 4.49. The normalized spacial score (nSPS) is 36.0. The first-order chi connectivity index (χ1) is 12.4. The number of aliphatic hydroxyl groups is 2. The largest absolute Gasteiger partial charge is 0.464 e. The van der Waals surface area contributed by atoms with Crippen molar-refractivity contribution in [2.24, 2.45) is 11.8 Å². The van der Waals surface area contributed by atoms with Gasteiger partial charge in [-0.15, -0.1) is 0 Å². The highest BCUT2D eigenvalue weighted by molar-refractivity contribution is 5.70. The molecule has 0 bridgehead atoms. The van der Waals surface area contributed by atoms with Crippen molar-refractivity contribution in [1.29, 1.82) is 0 Å². The molecule has 1 aliphatic carbocycles. The molecule has 1 heterocycles. The maximum Gasteiger partial charge on any atom is 0.308 e. The summed E-state index contributed by atoms with van der Waals surface area (Å²) in [5, 5.41) is 19.9. The van der Waals surface area contributed by atoms with Gasteiger partial charge in [0.15, 0.2) is 0 Å². The first kappa shape index (κ1) is 20.6. The van der Waals surface area contributed by atoms with E-state index in [0.29, 0.717) is 32.2 Å². The van der Waals surface area contributed by atoms with Crippen LogP contribution in [0.1, 0.15) is 52.4 Å². The van der Waals surface area contributed by atoms with Gasteiger partial charge in [-0.05, 0) is 38.0 Å². The third-order valence-corrected chi connectivity index (χ3v) is 5.27. The lowest BCUT2D eigenvalue weighted by Crippen LogP contribution is -2.33. The molecule has 0 aromatic heterocycles. The van der Waals surface area contributed by atoms with Crippen LogP contribution in [0.2, 0.25) is 0 Å². The molecule has 2 aliphatic rings. The molecule has 2 rings (SSSR count). The SMILES string of the molecule is CC1=C[C@@H](O)C[C@H](OC=O)C[C@@H](CC[C@@H]2C[C@@H](O)CC(=O)O2)[C@@H](C)C=C1. The summed E-state index contributed by atoms with van der Waals surface area (Å²) in [6.07, 6.45) is 6.96. The summed E-state index contributed by atoms with van der Waals surface area (Å²) < 4.78 is 10.5. The van der Waals surface area contributed by atoms with E-state index in [0.717, 1.165) is 12.0 Å². The maximum atomic E-state index is 11.5. The smallest absolute Gasteiger partial charge is 0.308 e. The maximum absolute atomic E-state index is 11.5. The third-order valence-electron chi connectivity index (χ3n) is 5.27. The monoisotopic (exact) mass is 366 g/mol. The Labute approximate surface area is 154 Å². The molecule has 6 atom stereocenters. The zero-order valence-corrected chi connectivity index (χ0v) is 15.5. The fourth-order valence-electron chi connectivity index (χ4n) is 3.81. The quantitative estimate of drug-likeness (QED) is 0.573. The molecule has 0 aromatic carbocycles. The molecular weight excluding hydrogens is 336 g/mol. The first-order valence-electron chi connectivity index (χ1n) is 9.38. The predicted octanol–water partition coefficient (Wildman–Crippen LogP) is 2.28. The summed E-state index contributed by atoms with van der Waals surface area (Å²) in [5.41, 5.74) is 0.971. The number of ether oxygens (including phenoxy) is 2. The number of rotatable bonds is 5. The van der Waals surface area contributed by atoms with Gasteiger partial charge >= 0.3 is 5.97 Å². The highest BCUT2D eigenvalue weighted by Gasteiger charge is 2.29. The minimum atomic E-state index is -0.659. The van der Waals surface area contributed by atoms with Crippen LogP contribution in [-0.4, -0.2) is 47.1 Å². The molecule has 1 aliphatic heterocycles. The van der Waals surface area contributed by atoms with E-state index in [2.05, 4.69) is 13.0 Å². The van der Waals surface area contributed by atoms with Crippen molar-refractivity contribution in [3.8, 4) is 0 Å². The van der Waals surface area contributed by atoms with Gasteiger partial charge in [0.05, 0.1) is 18.6 Å². The number of esters is 1. The van der Waals surface area contributed by atoms with Crippen LogP contribution in [0.15, 0.2) is 23.8 Å². The zero-order valence-electron chi connectivity index (χ0n) is 15.5. The Morgan fingerprint density at radius 1 is 1.27 bits per heavy atom. The van der Waals surface area contributed by atoms with Crippen LogP contribution in [0.3, 0.4) is 0 Å². The minimum Gasteiger partial charge on any atom is -0.464 e. The van der Waals surface area contributed by atoms with Crippen molar-refractivity contribution in [1.82, 2.24) is 0 Å². The van der Waals surface area contributed by atoms with Crippen molar-refractivity contribution in [2.75, 3.05) is 0 Å². The number of aliphatic hydroxyl groups excluding tert-OH is 2. The predicted molar refractivity (Wildman–Crippen MR) is 96.1 cm³/mol. The molecule has 1 fully saturated rings. The molecule has 0 amide bonds. The van der Waals surface area contributed by atoms with Gasteiger partial charge < -0.3 is 19.7 Å². The summed E-state index contributed by atoms with van der Waals surface area (Å²) in [6, 6.07) is 0. The number of hydrogen-bond donors (Lipinski definition) is 2. The molecule has 1 saturated heterocycles. The van der Waals surface area contributed by atoms with Crippen molar-refractivity contribution < 1.29 is 29.3 Å². The Morgan fingerprint density at radius 3 is 2.73 bits per heavy atom. The molecule has 6 nitrogen and oxygen atoms in total. The number of hydrogen-bond acceptors (Lipinski definition) is 6. The molecule has 6 heteroatoms. The van der Waals surface area contributed by atoms with Gasteiger partial charge in [-0.25, -0.2) is 0 Å². The van der Waals surface area contributed by atoms with Crippen LogP contribution in [-0.2, 0) is 19.1 Å². The van der Waals surface area contributed by atoms with E-state index in [1.165, 1.54) is 0 Å². The lowest BCUT2D eigenvalue weighted by atomic mass is 9.81. The lowest BCUT2D eigenvalue weighted by Gasteiger charge is -2.30. The Balaban J connectivity index is 2.05. The topological polar surface area (TPSA) is 93.1 Å². The molecule has 26 heavy (non-hydrogen) atoms. The average Bonchev–Trinajstić information content (AvgIpc) is 2.55. The lowest BCUT2D eigenvalue weighted by molar-refractivity contribution is -0.160. The average molecular weight is 366 g/mol. The fraction of sp³-hybridized carbons (Fsp3) is 0.700. The molecule has 0 aromatic rings. The van der Waals surface area contributed by atoms with Crippen molar-refractivity contribution >= 4 is 12.4 Å². The first-order valence-corrected chi connectivity index (χ1v) is 9.38. The van der Waals surface area contributed by atoms with Gasteiger partial charge in [0, 0.05) is 12.8 Å². The van der Waals surface area contributed by atoms with E-state index in [1.807, 2.05) is 13.0 Å². The molecule has 0 radical (unpaired) electrons. The summed E-state index contributed by atoms with van der Waals surface area (Å²) in [7, 11) is 0. The fourth-order valence-corrected chi connectivity index (χ4v) is 3.81. The number of carbonyl (C=O) groups is 2. The summed E-state index contributed by atoms with van der Waals surface area (Å²) >= 11 is 0. The van der Waals surface area contributed by atoms with E-state index >= 15 is 0 Å². The summed E-state index contributed by atoms with van der Waals surface area (Å²) in [4.78, 5) is 22.3. The van der Waals surface area contributed by atoms with E-state index < -0.39 is 12.2 Å². The van der Waals surface area contributed by atoms with Crippen LogP contribution in [0, 0.1) is 11.8 Å². The highest BCUT2D eigenvalue weighted by atomic mass is 16.5. The minimum absolute atomic E-state index is 0.0673.